The van der Waals surface area contributed by atoms with Crippen molar-refractivity contribution in [2.75, 3.05) is 7.11 Å². The van der Waals surface area contributed by atoms with E-state index in [9.17, 15) is 0 Å². The molecular formula is C11H22N4O. The zero-order chi connectivity index (χ0) is 12.1. The molecule has 0 aromatic carbocycles. The Balaban J connectivity index is 2.66. The predicted molar refractivity (Wildman–Crippen MR) is 63.0 cm³/mol. The van der Waals surface area contributed by atoms with E-state index in [1.807, 2.05) is 11.6 Å². The number of nitrogens with zero attached hydrogens (tertiary/aromatic N) is 3. The molecular weight excluding hydrogens is 204 g/mol. The molecule has 0 aliphatic carbocycles. The number of ether oxygens (including phenoxy) is 1. The fourth-order valence-electron chi connectivity index (χ4n) is 1.98. The van der Waals surface area contributed by atoms with Gasteiger partial charge in [-0.25, -0.2) is 4.98 Å². The number of nitrogens with two attached hydrogens (primary N) is 1. The van der Waals surface area contributed by atoms with E-state index in [4.69, 9.17) is 10.5 Å². The summed E-state index contributed by atoms with van der Waals surface area (Å²) in [6.45, 7) is 7.08. The van der Waals surface area contributed by atoms with Gasteiger partial charge in [0, 0.05) is 26.1 Å². The SMILES string of the molecule is CCn1ncnc1CC(N)C(OC)C(C)C. The van der Waals surface area contributed by atoms with E-state index < -0.39 is 0 Å². The van der Waals surface area contributed by atoms with Crippen LogP contribution in [0.4, 0.5) is 0 Å². The van der Waals surface area contributed by atoms with E-state index in [1.54, 1.807) is 13.4 Å². The van der Waals surface area contributed by atoms with Crippen LogP contribution in [-0.2, 0) is 17.7 Å². The van der Waals surface area contributed by atoms with Crippen LogP contribution in [0.15, 0.2) is 6.33 Å². The molecule has 0 spiro atoms. The van der Waals surface area contributed by atoms with E-state index in [1.165, 1.54) is 0 Å². The first-order valence-electron chi connectivity index (χ1n) is 5.75. The molecule has 0 radical (unpaired) electrons. The lowest BCUT2D eigenvalue weighted by atomic mass is 9.97. The van der Waals surface area contributed by atoms with Crippen molar-refractivity contribution in [3.8, 4) is 0 Å². The van der Waals surface area contributed by atoms with Gasteiger partial charge in [-0.15, -0.1) is 0 Å². The van der Waals surface area contributed by atoms with Gasteiger partial charge in [0.05, 0.1) is 6.10 Å². The third kappa shape index (κ3) is 3.02. The van der Waals surface area contributed by atoms with Crippen molar-refractivity contribution < 1.29 is 4.74 Å². The smallest absolute Gasteiger partial charge is 0.138 e. The molecule has 5 nitrogen and oxygen atoms in total. The molecule has 0 aliphatic heterocycles. The third-order valence-electron chi connectivity index (χ3n) is 2.76. The van der Waals surface area contributed by atoms with Crippen molar-refractivity contribution in [3.05, 3.63) is 12.2 Å². The minimum atomic E-state index is -0.0421. The largest absolute Gasteiger partial charge is 0.380 e. The maximum absolute atomic E-state index is 6.14. The highest BCUT2D eigenvalue weighted by atomic mass is 16.5. The quantitative estimate of drug-likeness (QED) is 0.780. The summed E-state index contributed by atoms with van der Waals surface area (Å²) in [6.07, 6.45) is 2.33. The average molecular weight is 226 g/mol. The number of aryl methyl sites for hydroxylation is 1. The fourth-order valence-corrected chi connectivity index (χ4v) is 1.98. The molecule has 0 amide bonds. The molecule has 0 bridgehead atoms. The lowest BCUT2D eigenvalue weighted by Crippen LogP contribution is -2.41. The van der Waals surface area contributed by atoms with Gasteiger partial charge in [0.2, 0.25) is 0 Å². The summed E-state index contributed by atoms with van der Waals surface area (Å²) in [5.74, 6) is 1.33. The van der Waals surface area contributed by atoms with E-state index in [0.29, 0.717) is 12.3 Å². The van der Waals surface area contributed by atoms with E-state index >= 15 is 0 Å². The summed E-state index contributed by atoms with van der Waals surface area (Å²) in [6, 6.07) is -0.0421. The summed E-state index contributed by atoms with van der Waals surface area (Å²) < 4.78 is 7.28. The predicted octanol–water partition coefficient (Wildman–Crippen LogP) is 0.839. The number of methoxy groups -OCH3 is 1. The van der Waals surface area contributed by atoms with E-state index in [2.05, 4.69) is 23.9 Å². The Morgan fingerprint density at radius 1 is 1.50 bits per heavy atom. The van der Waals surface area contributed by atoms with Crippen LogP contribution in [0.5, 0.6) is 0 Å². The number of hydrogen-bond acceptors (Lipinski definition) is 4. The molecule has 0 saturated carbocycles. The minimum absolute atomic E-state index is 0.0421. The molecule has 2 unspecified atom stereocenters. The minimum Gasteiger partial charge on any atom is -0.380 e. The number of rotatable bonds is 6. The summed E-state index contributed by atoms with van der Waals surface area (Å²) in [5, 5.41) is 4.13. The van der Waals surface area contributed by atoms with Crippen molar-refractivity contribution in [3.63, 3.8) is 0 Å². The van der Waals surface area contributed by atoms with Crippen molar-refractivity contribution in [2.45, 2.75) is 45.9 Å². The fraction of sp³-hybridized carbons (Fsp3) is 0.818. The normalized spacial score (nSPS) is 15.4. The Hall–Kier alpha value is -0.940. The Labute approximate surface area is 97.0 Å². The first kappa shape index (κ1) is 13.1. The maximum Gasteiger partial charge on any atom is 0.138 e. The van der Waals surface area contributed by atoms with Gasteiger partial charge < -0.3 is 10.5 Å². The van der Waals surface area contributed by atoms with Crippen molar-refractivity contribution in [1.29, 1.82) is 0 Å². The van der Waals surface area contributed by atoms with Crippen LogP contribution in [0.1, 0.15) is 26.6 Å². The Kier molecular flexibility index (Phi) is 4.89. The van der Waals surface area contributed by atoms with Crippen LogP contribution in [0, 0.1) is 5.92 Å². The van der Waals surface area contributed by atoms with Crippen LogP contribution in [-0.4, -0.2) is 34.0 Å². The molecule has 0 fully saturated rings. The first-order valence-corrected chi connectivity index (χ1v) is 5.75. The topological polar surface area (TPSA) is 66.0 Å². The van der Waals surface area contributed by atoms with Crippen molar-refractivity contribution in [2.24, 2.45) is 11.7 Å². The van der Waals surface area contributed by atoms with Crippen molar-refractivity contribution in [1.82, 2.24) is 14.8 Å². The maximum atomic E-state index is 6.14. The lowest BCUT2D eigenvalue weighted by molar-refractivity contribution is 0.0434. The van der Waals surface area contributed by atoms with Gasteiger partial charge in [0.25, 0.3) is 0 Å². The third-order valence-corrected chi connectivity index (χ3v) is 2.76. The summed E-state index contributed by atoms with van der Waals surface area (Å²) in [5.41, 5.74) is 6.14. The monoisotopic (exact) mass is 226 g/mol. The van der Waals surface area contributed by atoms with Crippen LogP contribution < -0.4 is 5.73 Å². The molecule has 1 aromatic heterocycles. The van der Waals surface area contributed by atoms with Gasteiger partial charge in [0.1, 0.15) is 12.2 Å². The van der Waals surface area contributed by atoms with Gasteiger partial charge >= 0.3 is 0 Å². The molecule has 0 saturated heterocycles. The standard InChI is InChI=1S/C11H22N4O/c1-5-15-10(13-7-14-15)6-9(12)11(16-4)8(2)3/h7-9,11H,5-6,12H2,1-4H3. The zero-order valence-electron chi connectivity index (χ0n) is 10.6. The first-order chi connectivity index (χ1) is 7.60. The second kappa shape index (κ2) is 5.96. The van der Waals surface area contributed by atoms with E-state index in [-0.39, 0.29) is 12.1 Å². The van der Waals surface area contributed by atoms with Gasteiger partial charge in [-0.1, -0.05) is 13.8 Å². The average Bonchev–Trinajstić information content (AvgIpc) is 2.65. The van der Waals surface area contributed by atoms with E-state index in [0.717, 1.165) is 12.4 Å². The second-order valence-electron chi connectivity index (χ2n) is 4.30. The molecule has 1 aromatic rings. The molecule has 2 N–H and O–H groups in total. The molecule has 0 aliphatic rings. The number of aromatic nitrogens is 3. The molecule has 16 heavy (non-hydrogen) atoms. The molecule has 92 valence electrons. The zero-order valence-corrected chi connectivity index (χ0v) is 10.6. The highest BCUT2D eigenvalue weighted by molar-refractivity contribution is 4.92. The molecule has 5 heteroatoms. The molecule has 1 rings (SSSR count). The van der Waals surface area contributed by atoms with Crippen molar-refractivity contribution >= 4 is 0 Å². The molecule has 2 atom stereocenters. The van der Waals surface area contributed by atoms with Gasteiger partial charge in [-0.2, -0.15) is 5.10 Å². The van der Waals surface area contributed by atoms with Gasteiger partial charge in [-0.05, 0) is 12.8 Å². The highest BCUT2D eigenvalue weighted by Crippen LogP contribution is 2.12. The van der Waals surface area contributed by atoms with Gasteiger partial charge in [-0.3, -0.25) is 4.68 Å². The number of hydrogen-bond donors (Lipinski definition) is 1. The summed E-state index contributed by atoms with van der Waals surface area (Å²) in [4.78, 5) is 4.22. The summed E-state index contributed by atoms with van der Waals surface area (Å²) >= 11 is 0. The Bertz CT molecular complexity index is 311. The highest BCUT2D eigenvalue weighted by Gasteiger charge is 2.22. The second-order valence-corrected chi connectivity index (χ2v) is 4.30. The lowest BCUT2D eigenvalue weighted by Gasteiger charge is -2.25. The Morgan fingerprint density at radius 3 is 2.69 bits per heavy atom. The van der Waals surface area contributed by atoms with Gasteiger partial charge in [0.15, 0.2) is 0 Å². The van der Waals surface area contributed by atoms with Crippen LogP contribution in [0.2, 0.25) is 0 Å². The van der Waals surface area contributed by atoms with Crippen LogP contribution >= 0.6 is 0 Å². The summed E-state index contributed by atoms with van der Waals surface area (Å²) in [7, 11) is 1.70. The van der Waals surface area contributed by atoms with Crippen LogP contribution in [0.3, 0.4) is 0 Å². The molecule has 1 heterocycles. The Morgan fingerprint density at radius 2 is 2.19 bits per heavy atom. The van der Waals surface area contributed by atoms with Crippen LogP contribution in [0.25, 0.3) is 0 Å².